The molecule has 144 valence electrons. The highest BCUT2D eigenvalue weighted by Gasteiger charge is 2.30. The highest BCUT2D eigenvalue weighted by Crippen LogP contribution is 2.22. The van der Waals surface area contributed by atoms with Gasteiger partial charge in [-0.05, 0) is 25.0 Å². The Labute approximate surface area is 163 Å². The number of carbonyl (C=O) groups is 2. The molecule has 1 atom stereocenters. The molecule has 0 aliphatic carbocycles. The van der Waals surface area contributed by atoms with Gasteiger partial charge in [0, 0.05) is 44.0 Å². The zero-order valence-electron chi connectivity index (χ0n) is 14.9. The monoisotopic (exact) mass is 399 g/mol. The van der Waals surface area contributed by atoms with Crippen molar-refractivity contribution in [3.05, 3.63) is 21.3 Å². The van der Waals surface area contributed by atoms with Crippen LogP contribution in [0.4, 0.5) is 0 Å². The first-order valence-electron chi connectivity index (χ1n) is 9.21. The highest BCUT2D eigenvalue weighted by atomic mass is 35.5. The van der Waals surface area contributed by atoms with Gasteiger partial charge in [0.1, 0.15) is 0 Å². The van der Waals surface area contributed by atoms with E-state index in [4.69, 9.17) is 16.3 Å². The van der Waals surface area contributed by atoms with Gasteiger partial charge in [-0.25, -0.2) is 0 Å². The maximum Gasteiger partial charge on any atom is 0.225 e. The Balaban J connectivity index is 1.41. The number of hydrogen-bond acceptors (Lipinski definition) is 5. The third-order valence-corrected chi connectivity index (χ3v) is 6.17. The molecule has 8 heteroatoms. The fourth-order valence-corrected chi connectivity index (χ4v) is 4.45. The van der Waals surface area contributed by atoms with Crippen molar-refractivity contribution in [1.29, 1.82) is 0 Å². The number of carbonyl (C=O) groups excluding carboxylic acids is 2. The van der Waals surface area contributed by atoms with E-state index in [1.54, 1.807) is 0 Å². The molecule has 1 unspecified atom stereocenters. The molecule has 0 bridgehead atoms. The van der Waals surface area contributed by atoms with Gasteiger partial charge in [-0.3, -0.25) is 14.5 Å². The summed E-state index contributed by atoms with van der Waals surface area (Å²) in [5.41, 5.74) is 0. The standard InChI is InChI=1S/C18H26ClN3O3S/c19-16-4-3-15(26-16)12-20-18(24)14-2-5-17(23)22(13-14)7-1-6-21-8-10-25-11-9-21/h3-4,14H,1-2,5-13H2,(H,20,24). The molecular weight excluding hydrogens is 374 g/mol. The molecule has 2 saturated heterocycles. The maximum absolute atomic E-state index is 12.5. The average molecular weight is 400 g/mol. The molecule has 6 nitrogen and oxygen atoms in total. The first kappa shape index (κ1) is 19.6. The second-order valence-corrected chi connectivity index (χ2v) is 8.61. The Bertz CT molecular complexity index is 619. The zero-order valence-corrected chi connectivity index (χ0v) is 16.5. The number of morpholine rings is 1. The Kier molecular flexibility index (Phi) is 7.31. The first-order valence-corrected chi connectivity index (χ1v) is 10.4. The summed E-state index contributed by atoms with van der Waals surface area (Å²) in [6.07, 6.45) is 2.03. The third kappa shape index (κ3) is 5.67. The molecule has 26 heavy (non-hydrogen) atoms. The molecule has 2 aliphatic rings. The van der Waals surface area contributed by atoms with E-state index in [0.717, 1.165) is 55.0 Å². The van der Waals surface area contributed by atoms with Crippen molar-refractivity contribution in [2.24, 2.45) is 5.92 Å². The van der Waals surface area contributed by atoms with Crippen molar-refractivity contribution in [2.75, 3.05) is 45.9 Å². The van der Waals surface area contributed by atoms with E-state index in [-0.39, 0.29) is 17.7 Å². The first-order chi connectivity index (χ1) is 12.6. The molecule has 3 heterocycles. The molecule has 2 fully saturated rings. The Hall–Kier alpha value is -1.15. The van der Waals surface area contributed by atoms with Crippen LogP contribution >= 0.6 is 22.9 Å². The molecule has 2 aliphatic heterocycles. The lowest BCUT2D eigenvalue weighted by Gasteiger charge is -2.33. The summed E-state index contributed by atoms with van der Waals surface area (Å²) in [7, 11) is 0. The summed E-state index contributed by atoms with van der Waals surface area (Å²) in [5.74, 6) is 0.0767. The van der Waals surface area contributed by atoms with Gasteiger partial charge < -0.3 is 15.0 Å². The predicted octanol–water partition coefficient (Wildman–Crippen LogP) is 1.98. The van der Waals surface area contributed by atoms with Crippen LogP contribution in [0, 0.1) is 5.92 Å². The predicted molar refractivity (Wildman–Crippen MR) is 102 cm³/mol. The quantitative estimate of drug-likeness (QED) is 0.761. The van der Waals surface area contributed by atoms with Crippen molar-refractivity contribution >= 4 is 34.8 Å². The Morgan fingerprint density at radius 2 is 2.12 bits per heavy atom. The number of likely N-dealkylation sites (tertiary alicyclic amines) is 1. The molecule has 0 spiro atoms. The van der Waals surface area contributed by atoms with Gasteiger partial charge in [0.15, 0.2) is 0 Å². The minimum Gasteiger partial charge on any atom is -0.379 e. The molecular formula is C18H26ClN3O3S. The van der Waals surface area contributed by atoms with Crippen molar-refractivity contribution in [3.63, 3.8) is 0 Å². The summed E-state index contributed by atoms with van der Waals surface area (Å²) in [6.45, 7) is 6.23. The van der Waals surface area contributed by atoms with Crippen LogP contribution in [-0.2, 0) is 20.9 Å². The molecule has 2 amide bonds. The van der Waals surface area contributed by atoms with Crippen LogP contribution in [0.1, 0.15) is 24.1 Å². The fourth-order valence-electron chi connectivity index (χ4n) is 3.42. The van der Waals surface area contributed by atoms with Crippen molar-refractivity contribution in [2.45, 2.75) is 25.8 Å². The molecule has 0 radical (unpaired) electrons. The van der Waals surface area contributed by atoms with E-state index in [9.17, 15) is 9.59 Å². The lowest BCUT2D eigenvalue weighted by Crippen LogP contribution is -2.46. The van der Waals surface area contributed by atoms with Crippen LogP contribution in [0.2, 0.25) is 4.34 Å². The molecule has 3 rings (SSSR count). The van der Waals surface area contributed by atoms with Crippen LogP contribution < -0.4 is 5.32 Å². The largest absolute Gasteiger partial charge is 0.379 e. The number of halogens is 1. The summed E-state index contributed by atoms with van der Waals surface area (Å²) in [5, 5.41) is 2.98. The van der Waals surface area contributed by atoms with Gasteiger partial charge >= 0.3 is 0 Å². The second kappa shape index (κ2) is 9.69. The smallest absolute Gasteiger partial charge is 0.225 e. The fraction of sp³-hybridized carbons (Fsp3) is 0.667. The molecule has 0 aromatic carbocycles. The summed E-state index contributed by atoms with van der Waals surface area (Å²) >= 11 is 7.39. The van der Waals surface area contributed by atoms with E-state index >= 15 is 0 Å². The molecule has 0 saturated carbocycles. The van der Waals surface area contributed by atoms with E-state index < -0.39 is 0 Å². The lowest BCUT2D eigenvalue weighted by molar-refractivity contribution is -0.138. The summed E-state index contributed by atoms with van der Waals surface area (Å²) in [6, 6.07) is 3.76. The number of thiophene rings is 1. The van der Waals surface area contributed by atoms with Crippen molar-refractivity contribution < 1.29 is 14.3 Å². The zero-order chi connectivity index (χ0) is 18.4. The van der Waals surface area contributed by atoms with Crippen molar-refractivity contribution in [1.82, 2.24) is 15.1 Å². The SMILES string of the molecule is O=C(NCc1ccc(Cl)s1)C1CCC(=O)N(CCCN2CCOCC2)C1. The van der Waals surface area contributed by atoms with Gasteiger partial charge in [0.05, 0.1) is 30.0 Å². The van der Waals surface area contributed by atoms with Crippen LogP contribution in [0.25, 0.3) is 0 Å². The van der Waals surface area contributed by atoms with Gasteiger partial charge in [-0.15, -0.1) is 11.3 Å². The van der Waals surface area contributed by atoms with Crippen LogP contribution in [-0.4, -0.2) is 67.6 Å². The summed E-state index contributed by atoms with van der Waals surface area (Å²) < 4.78 is 6.08. The summed E-state index contributed by atoms with van der Waals surface area (Å²) in [4.78, 5) is 29.9. The van der Waals surface area contributed by atoms with E-state index in [0.29, 0.717) is 25.9 Å². The van der Waals surface area contributed by atoms with E-state index in [1.165, 1.54) is 11.3 Å². The minimum atomic E-state index is -0.119. The topological polar surface area (TPSA) is 61.9 Å². The second-order valence-electron chi connectivity index (χ2n) is 6.81. The van der Waals surface area contributed by atoms with Crippen LogP contribution in [0.5, 0.6) is 0 Å². The number of piperidine rings is 1. The normalized spacial score (nSPS) is 21.8. The molecule has 1 N–H and O–H groups in total. The minimum absolute atomic E-state index is 0.0280. The van der Waals surface area contributed by atoms with Gasteiger partial charge in [-0.1, -0.05) is 11.6 Å². The molecule has 1 aromatic heterocycles. The number of rotatable bonds is 7. The lowest BCUT2D eigenvalue weighted by atomic mass is 9.96. The average Bonchev–Trinajstić information content (AvgIpc) is 3.07. The van der Waals surface area contributed by atoms with Crippen molar-refractivity contribution in [3.8, 4) is 0 Å². The Morgan fingerprint density at radius 3 is 2.85 bits per heavy atom. The number of nitrogens with one attached hydrogen (secondary N) is 1. The highest BCUT2D eigenvalue weighted by molar-refractivity contribution is 7.16. The number of ether oxygens (including phenoxy) is 1. The van der Waals surface area contributed by atoms with Gasteiger partial charge in [0.2, 0.25) is 11.8 Å². The Morgan fingerprint density at radius 1 is 1.31 bits per heavy atom. The van der Waals surface area contributed by atoms with E-state index in [2.05, 4.69) is 10.2 Å². The number of amides is 2. The molecule has 1 aromatic rings. The van der Waals surface area contributed by atoms with Crippen LogP contribution in [0.15, 0.2) is 12.1 Å². The third-order valence-electron chi connectivity index (χ3n) is 4.94. The number of hydrogen-bond donors (Lipinski definition) is 1. The number of nitrogens with zero attached hydrogens (tertiary/aromatic N) is 2. The van der Waals surface area contributed by atoms with E-state index in [1.807, 2.05) is 17.0 Å². The maximum atomic E-state index is 12.5. The van der Waals surface area contributed by atoms with Crippen LogP contribution in [0.3, 0.4) is 0 Å². The van der Waals surface area contributed by atoms with Gasteiger partial charge in [0.25, 0.3) is 0 Å². The van der Waals surface area contributed by atoms with Gasteiger partial charge in [-0.2, -0.15) is 0 Å².